The summed E-state index contributed by atoms with van der Waals surface area (Å²) in [5.41, 5.74) is 2.60. The lowest BCUT2D eigenvalue weighted by atomic mass is 10.1. The van der Waals surface area contributed by atoms with Gasteiger partial charge in [-0.05, 0) is 17.9 Å². The number of hydrogen-bond acceptors (Lipinski definition) is 0. The second kappa shape index (κ2) is 3.48. The Bertz CT molecular complexity index is 499. The van der Waals surface area contributed by atoms with Crippen molar-refractivity contribution in [3.63, 3.8) is 0 Å². The van der Waals surface area contributed by atoms with Crippen molar-refractivity contribution in [1.29, 1.82) is 0 Å². The maximum absolute atomic E-state index is 2.35. The molecule has 0 bridgehead atoms. The lowest BCUT2D eigenvalue weighted by Gasteiger charge is -1.95. The molecule has 3 rings (SSSR count). The largest absolute Gasteiger partial charge is 0.203 e. The molecule has 0 radical (unpaired) electrons. The fourth-order valence-electron chi connectivity index (χ4n) is 2.32. The van der Waals surface area contributed by atoms with Crippen molar-refractivity contribution in [3.05, 3.63) is 42.7 Å². The predicted octanol–water partition coefficient (Wildman–Crippen LogP) is 2.56. The Hall–Kier alpha value is -1.57. The molecule has 1 aromatic heterocycles. The Balaban J connectivity index is 1.98. The molecule has 82 valence electrons. The SMILES string of the molecule is CC1CC1n1cc(-c2ccccc2)c[n+]1C. The van der Waals surface area contributed by atoms with Gasteiger partial charge in [0.1, 0.15) is 0 Å². The van der Waals surface area contributed by atoms with E-state index in [2.05, 4.69) is 66.1 Å². The molecular formula is C14H17N2+. The van der Waals surface area contributed by atoms with Crippen LogP contribution in [0.2, 0.25) is 0 Å². The minimum absolute atomic E-state index is 0.711. The summed E-state index contributed by atoms with van der Waals surface area (Å²) in [6.45, 7) is 2.31. The Labute approximate surface area is 96.1 Å². The van der Waals surface area contributed by atoms with Crippen LogP contribution in [0.3, 0.4) is 0 Å². The van der Waals surface area contributed by atoms with E-state index in [1.807, 2.05) is 0 Å². The van der Waals surface area contributed by atoms with Crippen molar-refractivity contribution in [2.75, 3.05) is 0 Å². The van der Waals surface area contributed by atoms with E-state index in [0.29, 0.717) is 6.04 Å². The molecule has 1 aromatic carbocycles. The van der Waals surface area contributed by atoms with Gasteiger partial charge in [-0.15, -0.1) is 4.68 Å². The van der Waals surface area contributed by atoms with Crippen molar-refractivity contribution in [2.45, 2.75) is 19.4 Å². The van der Waals surface area contributed by atoms with Crippen LogP contribution in [-0.4, -0.2) is 4.68 Å². The second-order valence-corrected chi connectivity index (χ2v) is 4.81. The van der Waals surface area contributed by atoms with Crippen molar-refractivity contribution in [1.82, 2.24) is 4.68 Å². The molecule has 16 heavy (non-hydrogen) atoms. The highest BCUT2D eigenvalue weighted by atomic mass is 15.4. The third-order valence-corrected chi connectivity index (χ3v) is 3.48. The molecule has 1 fully saturated rings. The van der Waals surface area contributed by atoms with Gasteiger partial charge in [0.15, 0.2) is 7.05 Å². The molecule has 0 N–H and O–H groups in total. The Morgan fingerprint density at radius 2 is 1.88 bits per heavy atom. The molecule has 2 atom stereocenters. The van der Waals surface area contributed by atoms with Crippen LogP contribution in [0.4, 0.5) is 0 Å². The molecule has 2 unspecified atom stereocenters. The lowest BCUT2D eigenvalue weighted by Crippen LogP contribution is -2.37. The molecule has 1 aliphatic rings. The topological polar surface area (TPSA) is 8.81 Å². The highest BCUT2D eigenvalue weighted by Crippen LogP contribution is 2.42. The second-order valence-electron chi connectivity index (χ2n) is 4.81. The first-order valence-corrected chi connectivity index (χ1v) is 5.89. The van der Waals surface area contributed by atoms with Gasteiger partial charge in [0.2, 0.25) is 6.20 Å². The smallest absolute Gasteiger partial charge is 0.157 e. The van der Waals surface area contributed by atoms with E-state index in [1.54, 1.807) is 0 Å². The summed E-state index contributed by atoms with van der Waals surface area (Å²) in [4.78, 5) is 0. The number of rotatable bonds is 2. The fraction of sp³-hybridized carbons (Fsp3) is 0.357. The summed E-state index contributed by atoms with van der Waals surface area (Å²) in [5.74, 6) is 0.835. The summed E-state index contributed by atoms with van der Waals surface area (Å²) in [6.07, 6.45) is 5.79. The summed E-state index contributed by atoms with van der Waals surface area (Å²) in [5, 5.41) is 0. The van der Waals surface area contributed by atoms with E-state index < -0.39 is 0 Å². The zero-order valence-electron chi connectivity index (χ0n) is 9.80. The average molecular weight is 213 g/mol. The summed E-state index contributed by atoms with van der Waals surface area (Å²) >= 11 is 0. The molecule has 1 aliphatic carbocycles. The van der Waals surface area contributed by atoms with Gasteiger partial charge < -0.3 is 0 Å². The van der Waals surface area contributed by atoms with Crippen LogP contribution >= 0.6 is 0 Å². The Morgan fingerprint density at radius 1 is 1.19 bits per heavy atom. The standard InChI is InChI=1S/C14H17N2/c1-11-8-14(11)16-10-13(9-15(16)2)12-6-4-3-5-7-12/h3-7,9-11,14H,8H2,1-2H3/q+1. The molecule has 2 nitrogen and oxygen atoms in total. The summed E-state index contributed by atoms with van der Waals surface area (Å²) < 4.78 is 4.56. The van der Waals surface area contributed by atoms with Gasteiger partial charge in [0, 0.05) is 0 Å². The van der Waals surface area contributed by atoms with Gasteiger partial charge in [-0.25, -0.2) is 0 Å². The van der Waals surface area contributed by atoms with E-state index >= 15 is 0 Å². The Morgan fingerprint density at radius 3 is 2.50 bits per heavy atom. The number of nitrogens with zero attached hydrogens (tertiary/aromatic N) is 2. The zero-order valence-corrected chi connectivity index (χ0v) is 9.80. The highest BCUT2D eigenvalue weighted by Gasteiger charge is 2.38. The maximum atomic E-state index is 2.35. The number of hydrogen-bond donors (Lipinski definition) is 0. The van der Waals surface area contributed by atoms with Crippen molar-refractivity contribution in [3.8, 4) is 11.1 Å². The first-order chi connectivity index (χ1) is 7.75. The highest BCUT2D eigenvalue weighted by molar-refractivity contribution is 5.60. The molecular weight excluding hydrogens is 196 g/mol. The van der Waals surface area contributed by atoms with Crippen LogP contribution in [0.5, 0.6) is 0 Å². The normalized spacial score (nSPS) is 23.4. The van der Waals surface area contributed by atoms with Gasteiger partial charge in [-0.1, -0.05) is 37.3 Å². The minimum atomic E-state index is 0.711. The van der Waals surface area contributed by atoms with E-state index in [0.717, 1.165) is 5.92 Å². The zero-order chi connectivity index (χ0) is 11.1. The molecule has 0 amide bonds. The Kier molecular flexibility index (Phi) is 2.10. The van der Waals surface area contributed by atoms with Gasteiger partial charge in [0.25, 0.3) is 0 Å². The maximum Gasteiger partial charge on any atom is 0.203 e. The first kappa shape index (κ1) is 9.64. The summed E-state index contributed by atoms with van der Waals surface area (Å²) in [7, 11) is 2.12. The van der Waals surface area contributed by atoms with Gasteiger partial charge >= 0.3 is 0 Å². The van der Waals surface area contributed by atoms with Crippen molar-refractivity contribution < 1.29 is 4.68 Å². The average Bonchev–Trinajstić information content (AvgIpc) is 2.89. The molecule has 0 saturated heterocycles. The molecule has 1 heterocycles. The number of benzene rings is 1. The van der Waals surface area contributed by atoms with Crippen molar-refractivity contribution >= 4 is 0 Å². The monoisotopic (exact) mass is 213 g/mol. The lowest BCUT2D eigenvalue weighted by molar-refractivity contribution is -0.754. The van der Waals surface area contributed by atoms with Crippen LogP contribution in [0, 0.1) is 5.92 Å². The molecule has 0 spiro atoms. The minimum Gasteiger partial charge on any atom is -0.157 e. The molecule has 0 aliphatic heterocycles. The van der Waals surface area contributed by atoms with Crippen LogP contribution in [0.25, 0.3) is 11.1 Å². The molecule has 1 saturated carbocycles. The van der Waals surface area contributed by atoms with Crippen LogP contribution in [-0.2, 0) is 7.05 Å². The van der Waals surface area contributed by atoms with E-state index in [9.17, 15) is 0 Å². The predicted molar refractivity (Wildman–Crippen MR) is 63.9 cm³/mol. The number of aromatic nitrogens is 2. The van der Waals surface area contributed by atoms with Crippen LogP contribution < -0.4 is 4.68 Å². The van der Waals surface area contributed by atoms with Gasteiger partial charge in [0.05, 0.1) is 17.8 Å². The van der Waals surface area contributed by atoms with Crippen LogP contribution in [0.1, 0.15) is 19.4 Å². The van der Waals surface area contributed by atoms with E-state index in [1.165, 1.54) is 17.5 Å². The third kappa shape index (κ3) is 1.54. The molecule has 2 aromatic rings. The van der Waals surface area contributed by atoms with Gasteiger partial charge in [-0.3, -0.25) is 0 Å². The fourth-order valence-corrected chi connectivity index (χ4v) is 2.32. The first-order valence-electron chi connectivity index (χ1n) is 5.89. The van der Waals surface area contributed by atoms with Crippen molar-refractivity contribution in [2.24, 2.45) is 13.0 Å². The van der Waals surface area contributed by atoms with Crippen LogP contribution in [0.15, 0.2) is 42.7 Å². The third-order valence-electron chi connectivity index (χ3n) is 3.48. The quantitative estimate of drug-likeness (QED) is 0.678. The summed E-state index contributed by atoms with van der Waals surface area (Å²) in [6, 6.07) is 11.3. The number of aryl methyl sites for hydroxylation is 1. The van der Waals surface area contributed by atoms with E-state index in [-0.39, 0.29) is 0 Å². The van der Waals surface area contributed by atoms with E-state index in [4.69, 9.17) is 0 Å². The van der Waals surface area contributed by atoms with Gasteiger partial charge in [-0.2, -0.15) is 4.68 Å². The molecule has 2 heteroatoms.